The summed E-state index contributed by atoms with van der Waals surface area (Å²) in [5, 5.41) is 5.43. The van der Waals surface area contributed by atoms with Crippen molar-refractivity contribution in [2.45, 2.75) is 6.54 Å². The number of rotatable bonds is 5. The number of hydrogen-bond acceptors (Lipinski definition) is 1. The molecule has 0 aliphatic rings. The second-order valence-corrected chi connectivity index (χ2v) is 6.87. The minimum atomic E-state index is 0.0141. The average molecular weight is 384 g/mol. The predicted octanol–water partition coefficient (Wildman–Crippen LogP) is 3.26. The highest BCUT2D eigenvalue weighted by Gasteiger charge is 2.12. The fourth-order valence-electron chi connectivity index (χ4n) is 2.79. The van der Waals surface area contributed by atoms with Gasteiger partial charge in [-0.05, 0) is 44.9 Å². The van der Waals surface area contributed by atoms with Gasteiger partial charge in [0, 0.05) is 10.0 Å². The number of hydrogen-bond donors (Lipinski definition) is 2. The molecule has 0 fully saturated rings. The number of halogens is 1. The van der Waals surface area contributed by atoms with Gasteiger partial charge < -0.3 is 10.2 Å². The van der Waals surface area contributed by atoms with E-state index >= 15 is 0 Å². The lowest BCUT2D eigenvalue weighted by molar-refractivity contribution is -0.885. The molecule has 3 nitrogen and oxygen atoms in total. The average Bonchev–Trinajstić information content (AvgIpc) is 2.56. The van der Waals surface area contributed by atoms with Crippen molar-refractivity contribution < 1.29 is 9.69 Å². The van der Waals surface area contributed by atoms with E-state index in [1.54, 1.807) is 0 Å². The SMILES string of the molecule is C[NH+](CC(=O)Nc1ccccc1Br)Cc1ccc2ccccc2c1. The van der Waals surface area contributed by atoms with Crippen molar-refractivity contribution in [2.24, 2.45) is 0 Å². The standard InChI is InChI=1S/C20H19BrN2O/c1-23(14-20(24)22-19-9-5-4-8-18(19)21)13-15-10-11-16-6-2-3-7-17(16)12-15/h2-12H,13-14H2,1H3,(H,22,24)/p+1. The molecule has 0 saturated carbocycles. The highest BCUT2D eigenvalue weighted by atomic mass is 79.9. The Balaban J connectivity index is 1.61. The maximum absolute atomic E-state index is 12.2. The number of benzene rings is 3. The van der Waals surface area contributed by atoms with Gasteiger partial charge in [0.05, 0.1) is 12.7 Å². The van der Waals surface area contributed by atoms with Gasteiger partial charge in [0.2, 0.25) is 0 Å². The molecule has 1 amide bonds. The Hall–Kier alpha value is -2.17. The molecule has 4 heteroatoms. The van der Waals surface area contributed by atoms with Gasteiger partial charge in [-0.3, -0.25) is 4.79 Å². The first kappa shape index (κ1) is 16.7. The zero-order valence-electron chi connectivity index (χ0n) is 13.6. The van der Waals surface area contributed by atoms with Crippen LogP contribution in [0.5, 0.6) is 0 Å². The van der Waals surface area contributed by atoms with Gasteiger partial charge in [0.25, 0.3) is 5.91 Å². The van der Waals surface area contributed by atoms with Gasteiger partial charge in [-0.1, -0.05) is 48.5 Å². The molecular formula is C20H20BrN2O+. The molecule has 0 saturated heterocycles. The summed E-state index contributed by atoms with van der Waals surface area (Å²) in [5.74, 6) is 0.0141. The molecule has 3 aromatic rings. The third kappa shape index (κ3) is 4.22. The zero-order chi connectivity index (χ0) is 16.9. The van der Waals surface area contributed by atoms with E-state index in [9.17, 15) is 4.79 Å². The number of amides is 1. The summed E-state index contributed by atoms with van der Waals surface area (Å²) in [5.41, 5.74) is 2.04. The van der Waals surface area contributed by atoms with Crippen LogP contribution in [0.25, 0.3) is 10.8 Å². The van der Waals surface area contributed by atoms with Crippen LogP contribution in [-0.4, -0.2) is 19.5 Å². The summed E-state index contributed by atoms with van der Waals surface area (Å²) in [6.45, 7) is 1.24. The largest absolute Gasteiger partial charge is 0.326 e. The maximum Gasteiger partial charge on any atom is 0.279 e. The Morgan fingerprint density at radius 3 is 2.50 bits per heavy atom. The lowest BCUT2D eigenvalue weighted by Crippen LogP contribution is -3.08. The molecule has 0 heterocycles. The third-order valence-corrected chi connectivity index (χ3v) is 4.62. The normalized spacial score (nSPS) is 12.1. The van der Waals surface area contributed by atoms with E-state index in [0.29, 0.717) is 6.54 Å². The van der Waals surface area contributed by atoms with E-state index in [0.717, 1.165) is 21.6 Å². The molecule has 2 N–H and O–H groups in total. The van der Waals surface area contributed by atoms with Gasteiger partial charge in [0.1, 0.15) is 6.54 Å². The van der Waals surface area contributed by atoms with Crippen LogP contribution in [-0.2, 0) is 11.3 Å². The second kappa shape index (κ2) is 7.60. The number of likely N-dealkylation sites (N-methyl/N-ethyl adjacent to an activating group) is 1. The minimum Gasteiger partial charge on any atom is -0.326 e. The zero-order valence-corrected chi connectivity index (χ0v) is 15.1. The topological polar surface area (TPSA) is 33.5 Å². The van der Waals surface area contributed by atoms with Crippen LogP contribution >= 0.6 is 15.9 Å². The van der Waals surface area contributed by atoms with Gasteiger partial charge >= 0.3 is 0 Å². The molecule has 3 aromatic carbocycles. The number of fused-ring (bicyclic) bond motifs is 1. The fraction of sp³-hybridized carbons (Fsp3) is 0.150. The molecule has 0 spiro atoms. The Morgan fingerprint density at radius 2 is 1.71 bits per heavy atom. The highest BCUT2D eigenvalue weighted by molar-refractivity contribution is 9.10. The Bertz CT molecular complexity index is 863. The Kier molecular flexibility index (Phi) is 5.28. The quantitative estimate of drug-likeness (QED) is 0.696. The number of carbonyl (C=O) groups excluding carboxylic acids is 1. The predicted molar refractivity (Wildman–Crippen MR) is 102 cm³/mol. The molecule has 1 atom stereocenters. The number of anilines is 1. The van der Waals surface area contributed by atoms with Crippen molar-refractivity contribution in [1.82, 2.24) is 0 Å². The Labute approximate surface area is 150 Å². The van der Waals surface area contributed by atoms with Gasteiger partial charge in [-0.25, -0.2) is 0 Å². The summed E-state index contributed by atoms with van der Waals surface area (Å²) in [7, 11) is 2.04. The fourth-order valence-corrected chi connectivity index (χ4v) is 3.17. The molecule has 0 radical (unpaired) electrons. The van der Waals surface area contributed by atoms with E-state index in [1.807, 2.05) is 43.4 Å². The lowest BCUT2D eigenvalue weighted by atomic mass is 10.1. The molecule has 0 bridgehead atoms. The second-order valence-electron chi connectivity index (χ2n) is 6.02. The maximum atomic E-state index is 12.2. The van der Waals surface area contributed by atoms with Crippen molar-refractivity contribution in [1.29, 1.82) is 0 Å². The van der Waals surface area contributed by atoms with E-state index in [4.69, 9.17) is 0 Å². The first-order chi connectivity index (χ1) is 11.6. The van der Waals surface area contributed by atoms with Crippen molar-refractivity contribution in [2.75, 3.05) is 18.9 Å². The number of carbonyl (C=O) groups is 1. The van der Waals surface area contributed by atoms with Crippen LogP contribution in [0.4, 0.5) is 5.69 Å². The monoisotopic (exact) mass is 383 g/mol. The Morgan fingerprint density at radius 1 is 1.00 bits per heavy atom. The highest BCUT2D eigenvalue weighted by Crippen LogP contribution is 2.20. The first-order valence-electron chi connectivity index (χ1n) is 7.95. The smallest absolute Gasteiger partial charge is 0.279 e. The molecule has 0 aliphatic heterocycles. The number of para-hydroxylation sites is 1. The van der Waals surface area contributed by atoms with Crippen LogP contribution in [0, 0.1) is 0 Å². The van der Waals surface area contributed by atoms with Crippen LogP contribution < -0.4 is 10.2 Å². The van der Waals surface area contributed by atoms with Crippen LogP contribution in [0.15, 0.2) is 71.2 Å². The van der Waals surface area contributed by atoms with Crippen molar-refractivity contribution in [3.05, 3.63) is 76.8 Å². The van der Waals surface area contributed by atoms with Crippen molar-refractivity contribution in [3.63, 3.8) is 0 Å². The van der Waals surface area contributed by atoms with Crippen molar-refractivity contribution in [3.8, 4) is 0 Å². The summed E-state index contributed by atoms with van der Waals surface area (Å²) in [4.78, 5) is 13.4. The summed E-state index contributed by atoms with van der Waals surface area (Å²) in [6, 6.07) is 22.4. The van der Waals surface area contributed by atoms with Crippen LogP contribution in [0.2, 0.25) is 0 Å². The van der Waals surface area contributed by atoms with Crippen molar-refractivity contribution >= 4 is 38.3 Å². The summed E-state index contributed by atoms with van der Waals surface area (Å²) in [6.07, 6.45) is 0. The van der Waals surface area contributed by atoms with Crippen LogP contribution in [0.1, 0.15) is 5.56 Å². The van der Waals surface area contributed by atoms with E-state index in [1.165, 1.54) is 16.3 Å². The van der Waals surface area contributed by atoms with Gasteiger partial charge in [-0.15, -0.1) is 0 Å². The van der Waals surface area contributed by atoms with Gasteiger partial charge in [0.15, 0.2) is 6.54 Å². The van der Waals surface area contributed by atoms with Crippen LogP contribution in [0.3, 0.4) is 0 Å². The number of nitrogens with one attached hydrogen (secondary N) is 2. The molecule has 0 aromatic heterocycles. The van der Waals surface area contributed by atoms with Gasteiger partial charge in [-0.2, -0.15) is 0 Å². The molecular weight excluding hydrogens is 364 g/mol. The molecule has 0 aliphatic carbocycles. The number of quaternary nitrogens is 1. The molecule has 3 rings (SSSR count). The first-order valence-corrected chi connectivity index (χ1v) is 8.74. The molecule has 24 heavy (non-hydrogen) atoms. The molecule has 122 valence electrons. The molecule has 1 unspecified atom stereocenters. The van der Waals surface area contributed by atoms with E-state index in [-0.39, 0.29) is 5.91 Å². The third-order valence-electron chi connectivity index (χ3n) is 3.93. The van der Waals surface area contributed by atoms with E-state index < -0.39 is 0 Å². The summed E-state index contributed by atoms with van der Waals surface area (Å²) >= 11 is 3.45. The lowest BCUT2D eigenvalue weighted by Gasteiger charge is -2.15. The minimum absolute atomic E-state index is 0.0141. The summed E-state index contributed by atoms with van der Waals surface area (Å²) < 4.78 is 0.894. The van der Waals surface area contributed by atoms with E-state index in [2.05, 4.69) is 51.6 Å².